The molecule has 0 aliphatic heterocycles. The van der Waals surface area contributed by atoms with Gasteiger partial charge in [0.05, 0.1) is 0 Å². The highest BCUT2D eigenvalue weighted by Crippen LogP contribution is 2.42. The number of benzene rings is 1. The van der Waals surface area contributed by atoms with Gasteiger partial charge in [0.1, 0.15) is 0 Å². The second-order valence-electron chi connectivity index (χ2n) is 5.83. The van der Waals surface area contributed by atoms with Crippen molar-refractivity contribution >= 4 is 11.6 Å². The number of hydrogen-bond acceptors (Lipinski definition) is 1. The Hall–Kier alpha value is -1.59. The Morgan fingerprint density at radius 2 is 1.64 bits per heavy atom. The van der Waals surface area contributed by atoms with Gasteiger partial charge in [-0.05, 0) is 18.1 Å². The van der Waals surface area contributed by atoms with Gasteiger partial charge in [0.2, 0.25) is 0 Å². The molecule has 1 aliphatic rings. The number of anilines is 1. The molecule has 1 saturated carbocycles. The number of rotatable bonds is 4. The summed E-state index contributed by atoms with van der Waals surface area (Å²) in [5.41, 5.74) is -3.69. The van der Waals surface area contributed by atoms with Crippen LogP contribution < -0.4 is 5.32 Å². The largest absolute Gasteiger partial charge is 0.431 e. The molecule has 0 spiro atoms. The van der Waals surface area contributed by atoms with Crippen molar-refractivity contribution in [3.63, 3.8) is 0 Å². The molecule has 1 atom stereocenters. The average Bonchev–Trinajstić information content (AvgIpc) is 2.48. The van der Waals surface area contributed by atoms with Crippen LogP contribution in [0, 0.1) is 5.92 Å². The summed E-state index contributed by atoms with van der Waals surface area (Å²) < 4.78 is 54.2. The maximum atomic E-state index is 14.6. The minimum Gasteiger partial charge on any atom is -0.323 e. The van der Waals surface area contributed by atoms with Crippen molar-refractivity contribution in [3.05, 3.63) is 30.3 Å². The molecule has 0 bridgehead atoms. The Kier molecular flexibility index (Phi) is 5.08. The summed E-state index contributed by atoms with van der Waals surface area (Å²) >= 11 is 0. The zero-order valence-electron chi connectivity index (χ0n) is 12.1. The van der Waals surface area contributed by atoms with Crippen molar-refractivity contribution in [2.75, 3.05) is 5.32 Å². The van der Waals surface area contributed by atoms with Crippen molar-refractivity contribution < 1.29 is 22.4 Å². The number of para-hydroxylation sites is 1. The van der Waals surface area contributed by atoms with Crippen LogP contribution in [0.5, 0.6) is 0 Å². The molecule has 22 heavy (non-hydrogen) atoms. The van der Waals surface area contributed by atoms with Crippen molar-refractivity contribution in [3.8, 4) is 0 Å². The highest BCUT2D eigenvalue weighted by molar-refractivity contribution is 5.97. The third kappa shape index (κ3) is 3.78. The standard InChI is InChI=1S/C16H19F4NO/c17-15(16(18,19)20,11-12-7-3-1-4-8-12)14(22)21-13-9-5-2-6-10-13/h2,5-6,9-10,12H,1,3-4,7-8,11H2,(H,21,22). The van der Waals surface area contributed by atoms with E-state index in [2.05, 4.69) is 0 Å². The van der Waals surface area contributed by atoms with Crippen LogP contribution in [0.25, 0.3) is 0 Å². The van der Waals surface area contributed by atoms with E-state index < -0.39 is 30.1 Å². The summed E-state index contributed by atoms with van der Waals surface area (Å²) in [4.78, 5) is 11.9. The first-order valence-electron chi connectivity index (χ1n) is 7.45. The lowest BCUT2D eigenvalue weighted by atomic mass is 9.81. The number of alkyl halides is 4. The monoisotopic (exact) mass is 317 g/mol. The summed E-state index contributed by atoms with van der Waals surface area (Å²) in [5.74, 6) is -2.03. The molecule has 1 aliphatic carbocycles. The summed E-state index contributed by atoms with van der Waals surface area (Å²) in [6, 6.07) is 7.63. The predicted octanol–water partition coefficient (Wildman–Crippen LogP) is 4.87. The van der Waals surface area contributed by atoms with E-state index in [-0.39, 0.29) is 5.69 Å². The Morgan fingerprint density at radius 1 is 1.05 bits per heavy atom. The minimum atomic E-state index is -5.22. The third-order valence-electron chi connectivity index (χ3n) is 4.14. The van der Waals surface area contributed by atoms with Gasteiger partial charge in [0.25, 0.3) is 11.6 Å². The average molecular weight is 317 g/mol. The molecule has 1 aromatic carbocycles. The molecule has 6 heteroatoms. The van der Waals surface area contributed by atoms with Gasteiger partial charge in [-0.25, -0.2) is 4.39 Å². The number of nitrogens with one attached hydrogen (secondary N) is 1. The Morgan fingerprint density at radius 3 is 2.18 bits per heavy atom. The van der Waals surface area contributed by atoms with E-state index in [1.165, 1.54) is 12.1 Å². The van der Waals surface area contributed by atoms with Crippen molar-refractivity contribution in [1.29, 1.82) is 0 Å². The molecule has 1 aromatic rings. The van der Waals surface area contributed by atoms with Crippen LogP contribution in [-0.2, 0) is 4.79 Å². The topological polar surface area (TPSA) is 29.1 Å². The normalized spacial score (nSPS) is 19.5. The van der Waals surface area contributed by atoms with E-state index >= 15 is 0 Å². The second-order valence-corrected chi connectivity index (χ2v) is 5.83. The van der Waals surface area contributed by atoms with Crippen LogP contribution >= 0.6 is 0 Å². The predicted molar refractivity (Wildman–Crippen MR) is 76.2 cm³/mol. The summed E-state index contributed by atoms with van der Waals surface area (Å²) in [5, 5.41) is 2.04. The van der Waals surface area contributed by atoms with Crippen LogP contribution in [0.3, 0.4) is 0 Å². The number of carbonyl (C=O) groups excluding carboxylic acids is 1. The zero-order valence-corrected chi connectivity index (χ0v) is 12.1. The van der Waals surface area contributed by atoms with E-state index in [1.54, 1.807) is 18.2 Å². The fourth-order valence-corrected chi connectivity index (χ4v) is 2.88. The SMILES string of the molecule is O=C(Nc1ccccc1)C(F)(CC1CCCCC1)C(F)(F)F. The second kappa shape index (κ2) is 6.67. The molecule has 122 valence electrons. The van der Waals surface area contributed by atoms with Crippen LogP contribution in [0.2, 0.25) is 0 Å². The van der Waals surface area contributed by atoms with Crippen LogP contribution in [0.4, 0.5) is 23.2 Å². The Bertz CT molecular complexity index is 497. The Balaban J connectivity index is 2.15. The van der Waals surface area contributed by atoms with E-state index in [4.69, 9.17) is 0 Å². The maximum Gasteiger partial charge on any atom is 0.431 e. The van der Waals surface area contributed by atoms with E-state index in [0.29, 0.717) is 12.8 Å². The van der Waals surface area contributed by atoms with Crippen molar-refractivity contribution in [2.45, 2.75) is 50.4 Å². The third-order valence-corrected chi connectivity index (χ3v) is 4.14. The lowest BCUT2D eigenvalue weighted by molar-refractivity contribution is -0.229. The first-order valence-corrected chi connectivity index (χ1v) is 7.45. The summed E-state index contributed by atoms with van der Waals surface area (Å²) in [7, 11) is 0. The van der Waals surface area contributed by atoms with Crippen LogP contribution in [0.1, 0.15) is 38.5 Å². The fraction of sp³-hybridized carbons (Fsp3) is 0.562. The molecule has 1 N–H and O–H groups in total. The smallest absolute Gasteiger partial charge is 0.323 e. The molecule has 1 fully saturated rings. The highest BCUT2D eigenvalue weighted by atomic mass is 19.4. The van der Waals surface area contributed by atoms with E-state index in [0.717, 1.165) is 19.3 Å². The van der Waals surface area contributed by atoms with Gasteiger partial charge in [0, 0.05) is 12.1 Å². The summed E-state index contributed by atoms with van der Waals surface area (Å²) in [6.45, 7) is 0. The van der Waals surface area contributed by atoms with Gasteiger partial charge >= 0.3 is 6.18 Å². The molecular formula is C16H19F4NO. The molecule has 2 rings (SSSR count). The number of amides is 1. The number of hydrogen-bond donors (Lipinski definition) is 1. The molecule has 0 radical (unpaired) electrons. The summed E-state index contributed by atoms with van der Waals surface area (Å²) in [6.07, 6.45) is -2.39. The van der Waals surface area contributed by atoms with Crippen molar-refractivity contribution in [1.82, 2.24) is 0 Å². The fourth-order valence-electron chi connectivity index (χ4n) is 2.88. The van der Waals surface area contributed by atoms with E-state index in [9.17, 15) is 22.4 Å². The molecule has 2 nitrogen and oxygen atoms in total. The Labute approximate surface area is 126 Å². The molecule has 0 aromatic heterocycles. The maximum absolute atomic E-state index is 14.6. The lowest BCUT2D eigenvalue weighted by Gasteiger charge is -2.32. The van der Waals surface area contributed by atoms with Gasteiger partial charge in [-0.2, -0.15) is 13.2 Å². The van der Waals surface area contributed by atoms with Gasteiger partial charge in [0.15, 0.2) is 0 Å². The quantitative estimate of drug-likeness (QED) is 0.789. The number of carbonyl (C=O) groups is 1. The number of halogens is 4. The first kappa shape index (κ1) is 16.8. The molecular weight excluding hydrogens is 298 g/mol. The van der Waals surface area contributed by atoms with E-state index in [1.807, 2.05) is 5.32 Å². The van der Waals surface area contributed by atoms with Crippen LogP contribution in [-0.4, -0.2) is 17.8 Å². The van der Waals surface area contributed by atoms with Gasteiger partial charge in [-0.15, -0.1) is 0 Å². The highest BCUT2D eigenvalue weighted by Gasteiger charge is 2.62. The lowest BCUT2D eigenvalue weighted by Crippen LogP contribution is -2.52. The zero-order chi connectivity index (χ0) is 16.2. The molecule has 1 amide bonds. The van der Waals surface area contributed by atoms with Gasteiger partial charge < -0.3 is 5.32 Å². The first-order chi connectivity index (χ1) is 10.3. The van der Waals surface area contributed by atoms with Gasteiger partial charge in [-0.3, -0.25) is 4.79 Å². The molecule has 0 heterocycles. The molecule has 0 saturated heterocycles. The van der Waals surface area contributed by atoms with Crippen LogP contribution in [0.15, 0.2) is 30.3 Å². The van der Waals surface area contributed by atoms with Gasteiger partial charge in [-0.1, -0.05) is 50.3 Å². The minimum absolute atomic E-state index is 0.155. The molecule has 1 unspecified atom stereocenters. The van der Waals surface area contributed by atoms with Crippen molar-refractivity contribution in [2.24, 2.45) is 5.92 Å².